The molecule has 0 aliphatic heterocycles. The Morgan fingerprint density at radius 2 is 2.24 bits per heavy atom. The molecule has 0 atom stereocenters. The van der Waals surface area contributed by atoms with Gasteiger partial charge >= 0.3 is 0 Å². The molecule has 0 bridgehead atoms. The molecule has 1 aromatic heterocycles. The summed E-state index contributed by atoms with van der Waals surface area (Å²) in [5.74, 6) is -0.957. The Bertz CT molecular complexity index is 512. The van der Waals surface area contributed by atoms with Gasteiger partial charge < -0.3 is 0 Å². The lowest BCUT2D eigenvalue weighted by atomic mass is 10.1. The molecule has 1 fully saturated rings. The van der Waals surface area contributed by atoms with Gasteiger partial charge in [0.25, 0.3) is 0 Å². The van der Waals surface area contributed by atoms with Gasteiger partial charge in [-0.25, -0.2) is 18.1 Å². The van der Waals surface area contributed by atoms with Crippen molar-refractivity contribution in [3.63, 3.8) is 0 Å². The van der Waals surface area contributed by atoms with Gasteiger partial charge in [-0.05, 0) is 36.8 Å². The van der Waals surface area contributed by atoms with E-state index >= 15 is 0 Å². The number of hydrogen-bond donors (Lipinski definition) is 1. The number of nitrogens with zero attached hydrogens (tertiary/aromatic N) is 1. The third-order valence-electron chi connectivity index (χ3n) is 3.36. The normalized spacial score (nSPS) is 18.0. The van der Waals surface area contributed by atoms with Crippen molar-refractivity contribution in [3.05, 3.63) is 24.3 Å². The minimum Gasteiger partial charge on any atom is -0.227 e. The van der Waals surface area contributed by atoms with Crippen molar-refractivity contribution in [1.29, 1.82) is 0 Å². The van der Waals surface area contributed by atoms with Crippen LogP contribution in [0.5, 0.6) is 0 Å². The van der Waals surface area contributed by atoms with E-state index in [0.29, 0.717) is 6.54 Å². The van der Waals surface area contributed by atoms with E-state index in [9.17, 15) is 12.8 Å². The van der Waals surface area contributed by atoms with E-state index in [1.165, 1.54) is 18.3 Å². The minimum absolute atomic E-state index is 0.0890. The van der Waals surface area contributed by atoms with E-state index < -0.39 is 16.0 Å². The highest BCUT2D eigenvalue weighted by Crippen LogP contribution is 2.48. The largest absolute Gasteiger partial charge is 0.245 e. The molecule has 0 radical (unpaired) electrons. The molecule has 2 rings (SSSR count). The van der Waals surface area contributed by atoms with Gasteiger partial charge in [0.15, 0.2) is 0 Å². The molecule has 6 heteroatoms. The molecule has 94 valence electrons. The number of aromatic nitrogens is 1. The third-order valence-corrected chi connectivity index (χ3v) is 4.77. The van der Waals surface area contributed by atoms with E-state index in [-0.39, 0.29) is 10.3 Å². The molecule has 0 amide bonds. The molecule has 4 nitrogen and oxygen atoms in total. The van der Waals surface area contributed by atoms with Crippen LogP contribution in [0.3, 0.4) is 0 Å². The molecule has 1 aliphatic rings. The summed E-state index contributed by atoms with van der Waals surface area (Å²) in [6, 6.07) is 2.63. The minimum atomic E-state index is -3.78. The van der Waals surface area contributed by atoms with Crippen LogP contribution in [0.1, 0.15) is 26.2 Å². The number of pyridine rings is 1. The Hall–Kier alpha value is -1.01. The maximum atomic E-state index is 13.3. The first-order valence-electron chi connectivity index (χ1n) is 5.59. The van der Waals surface area contributed by atoms with Crippen LogP contribution in [-0.4, -0.2) is 19.9 Å². The molecule has 1 saturated carbocycles. The second-order valence-electron chi connectivity index (χ2n) is 4.47. The summed E-state index contributed by atoms with van der Waals surface area (Å²) in [6.07, 6.45) is 4.22. The molecular weight excluding hydrogens is 243 g/mol. The van der Waals surface area contributed by atoms with E-state index in [4.69, 9.17) is 0 Å². The standard InChI is InChI=1S/C11H15FN2O2S/c1-2-11(5-6-11)8-14-17(15,16)9-4-3-7-13-10(9)12/h3-4,7,14H,2,5-6,8H2,1H3. The van der Waals surface area contributed by atoms with Crippen molar-refractivity contribution >= 4 is 10.0 Å². The second-order valence-corrected chi connectivity index (χ2v) is 6.21. The van der Waals surface area contributed by atoms with Gasteiger partial charge in [-0.2, -0.15) is 4.39 Å². The van der Waals surface area contributed by atoms with E-state index in [1.807, 2.05) is 6.92 Å². The van der Waals surface area contributed by atoms with Gasteiger partial charge in [0, 0.05) is 12.7 Å². The van der Waals surface area contributed by atoms with Crippen molar-refractivity contribution in [2.45, 2.75) is 31.1 Å². The second kappa shape index (κ2) is 4.34. The monoisotopic (exact) mass is 258 g/mol. The highest BCUT2D eigenvalue weighted by Gasteiger charge is 2.41. The zero-order chi connectivity index (χ0) is 12.5. The summed E-state index contributed by atoms with van der Waals surface area (Å²) >= 11 is 0. The van der Waals surface area contributed by atoms with Gasteiger partial charge in [-0.15, -0.1) is 0 Å². The van der Waals surface area contributed by atoms with Gasteiger partial charge in [0.1, 0.15) is 4.90 Å². The molecule has 0 saturated heterocycles. The molecule has 0 aromatic carbocycles. The van der Waals surface area contributed by atoms with Crippen LogP contribution in [0.25, 0.3) is 0 Å². The number of sulfonamides is 1. The lowest BCUT2D eigenvalue weighted by molar-refractivity contribution is 0.472. The Morgan fingerprint density at radius 3 is 2.76 bits per heavy atom. The maximum Gasteiger partial charge on any atom is 0.245 e. The molecule has 1 aromatic rings. The Morgan fingerprint density at radius 1 is 1.53 bits per heavy atom. The van der Waals surface area contributed by atoms with Crippen LogP contribution in [-0.2, 0) is 10.0 Å². The molecule has 1 aliphatic carbocycles. The first-order valence-corrected chi connectivity index (χ1v) is 7.08. The SMILES string of the molecule is CCC1(CNS(=O)(=O)c2cccnc2F)CC1. The number of hydrogen-bond acceptors (Lipinski definition) is 3. The maximum absolute atomic E-state index is 13.3. The van der Waals surface area contributed by atoms with Crippen molar-refractivity contribution in [2.75, 3.05) is 6.54 Å². The van der Waals surface area contributed by atoms with Crippen LogP contribution in [0.4, 0.5) is 4.39 Å². The molecule has 17 heavy (non-hydrogen) atoms. The third kappa shape index (κ3) is 2.63. The quantitative estimate of drug-likeness (QED) is 0.818. The van der Waals surface area contributed by atoms with Crippen molar-refractivity contribution < 1.29 is 12.8 Å². The van der Waals surface area contributed by atoms with E-state index in [0.717, 1.165) is 19.3 Å². The van der Waals surface area contributed by atoms with E-state index in [1.54, 1.807) is 0 Å². The smallest absolute Gasteiger partial charge is 0.227 e. The van der Waals surface area contributed by atoms with Gasteiger partial charge in [-0.3, -0.25) is 0 Å². The summed E-state index contributed by atoms with van der Waals surface area (Å²) in [5.41, 5.74) is 0.0890. The van der Waals surface area contributed by atoms with Crippen LogP contribution < -0.4 is 4.72 Å². The average molecular weight is 258 g/mol. The fourth-order valence-electron chi connectivity index (χ4n) is 1.73. The predicted octanol–water partition coefficient (Wildman–Crippen LogP) is 1.69. The molecule has 0 spiro atoms. The highest BCUT2D eigenvalue weighted by atomic mass is 32.2. The predicted molar refractivity (Wildman–Crippen MR) is 61.3 cm³/mol. The van der Waals surface area contributed by atoms with Crippen LogP contribution in [0.15, 0.2) is 23.2 Å². The summed E-state index contributed by atoms with van der Waals surface area (Å²) < 4.78 is 39.4. The van der Waals surface area contributed by atoms with E-state index in [2.05, 4.69) is 9.71 Å². The fraction of sp³-hybridized carbons (Fsp3) is 0.545. The van der Waals surface area contributed by atoms with Crippen molar-refractivity contribution in [2.24, 2.45) is 5.41 Å². The Kier molecular flexibility index (Phi) is 3.18. The summed E-state index contributed by atoms with van der Waals surface area (Å²) in [5, 5.41) is 0. The zero-order valence-electron chi connectivity index (χ0n) is 9.61. The fourth-order valence-corrected chi connectivity index (χ4v) is 2.91. The zero-order valence-corrected chi connectivity index (χ0v) is 10.4. The van der Waals surface area contributed by atoms with Gasteiger partial charge in [0.2, 0.25) is 16.0 Å². The average Bonchev–Trinajstić information content (AvgIpc) is 3.08. The van der Waals surface area contributed by atoms with Crippen LogP contribution in [0, 0.1) is 11.4 Å². The highest BCUT2D eigenvalue weighted by molar-refractivity contribution is 7.89. The van der Waals surface area contributed by atoms with Gasteiger partial charge in [0.05, 0.1) is 0 Å². The van der Waals surface area contributed by atoms with Crippen molar-refractivity contribution in [3.8, 4) is 0 Å². The molecule has 1 heterocycles. The summed E-state index contributed by atoms with van der Waals surface area (Å²) in [7, 11) is -3.78. The number of halogens is 1. The summed E-state index contributed by atoms with van der Waals surface area (Å²) in [6.45, 7) is 2.41. The number of rotatable bonds is 5. The van der Waals surface area contributed by atoms with Gasteiger partial charge in [-0.1, -0.05) is 6.92 Å². The molecule has 0 unspecified atom stereocenters. The molecular formula is C11H15FN2O2S. The van der Waals surface area contributed by atoms with Crippen LogP contribution >= 0.6 is 0 Å². The lowest BCUT2D eigenvalue weighted by Crippen LogP contribution is -2.30. The summed E-state index contributed by atoms with van der Waals surface area (Å²) in [4.78, 5) is 2.96. The molecule has 1 N–H and O–H groups in total. The topological polar surface area (TPSA) is 59.1 Å². The van der Waals surface area contributed by atoms with Crippen molar-refractivity contribution in [1.82, 2.24) is 9.71 Å². The first kappa shape index (κ1) is 12.4. The Balaban J connectivity index is 2.12. The number of nitrogens with one attached hydrogen (secondary N) is 1. The lowest BCUT2D eigenvalue weighted by Gasteiger charge is -2.13. The Labute approximate surface area is 100 Å². The van der Waals surface area contributed by atoms with Crippen LogP contribution in [0.2, 0.25) is 0 Å². The first-order chi connectivity index (χ1) is 7.99.